The average Bonchev–Trinajstić information content (AvgIpc) is 2.87. The number of nitriles is 1. The molecular weight excluding hydrogens is 256 g/mol. The van der Waals surface area contributed by atoms with E-state index in [-0.39, 0.29) is 10.9 Å². The minimum Gasteiger partial charge on any atom is -0.319 e. The molecule has 1 fully saturated rings. The van der Waals surface area contributed by atoms with Crippen molar-refractivity contribution in [2.75, 3.05) is 19.6 Å². The van der Waals surface area contributed by atoms with Crippen LogP contribution < -0.4 is 5.32 Å². The molecule has 1 aromatic heterocycles. The van der Waals surface area contributed by atoms with E-state index in [1.807, 2.05) is 6.07 Å². The number of nitrogens with one attached hydrogen (secondary N) is 1. The highest BCUT2D eigenvalue weighted by Crippen LogP contribution is 2.25. The van der Waals surface area contributed by atoms with E-state index in [0.29, 0.717) is 24.5 Å². The number of piperazine rings is 1. The lowest BCUT2D eigenvalue weighted by Gasteiger charge is -2.31. The summed E-state index contributed by atoms with van der Waals surface area (Å²) >= 11 is 0.835. The number of nitro groups is 1. The van der Waals surface area contributed by atoms with Crippen LogP contribution in [-0.2, 0) is 0 Å². The van der Waals surface area contributed by atoms with Gasteiger partial charge in [0.25, 0.3) is 5.91 Å². The van der Waals surface area contributed by atoms with Gasteiger partial charge in [-0.3, -0.25) is 14.9 Å². The molecule has 8 heteroatoms. The second-order valence-corrected chi connectivity index (χ2v) is 4.80. The van der Waals surface area contributed by atoms with E-state index in [9.17, 15) is 14.9 Å². The van der Waals surface area contributed by atoms with Gasteiger partial charge in [-0.05, 0) is 6.07 Å². The number of rotatable bonds is 2. The second-order valence-electron chi connectivity index (χ2n) is 3.74. The second kappa shape index (κ2) is 5.12. The number of carbonyl (C=O) groups excluding carboxylic acids is 1. The molecular formula is C10H10N4O3S. The van der Waals surface area contributed by atoms with Crippen LogP contribution in [0.2, 0.25) is 0 Å². The molecule has 2 rings (SSSR count). The van der Waals surface area contributed by atoms with Crippen molar-refractivity contribution < 1.29 is 9.72 Å². The first-order valence-corrected chi connectivity index (χ1v) is 6.10. The maximum absolute atomic E-state index is 12.1. The first-order chi connectivity index (χ1) is 8.63. The topological polar surface area (TPSA) is 99.3 Å². The number of thiophene rings is 1. The Balaban J connectivity index is 2.19. The van der Waals surface area contributed by atoms with Gasteiger partial charge in [0.1, 0.15) is 6.04 Å². The summed E-state index contributed by atoms with van der Waals surface area (Å²) in [5, 5.41) is 22.5. The fourth-order valence-corrected chi connectivity index (χ4v) is 2.52. The van der Waals surface area contributed by atoms with Gasteiger partial charge in [-0.1, -0.05) is 11.3 Å². The summed E-state index contributed by atoms with van der Waals surface area (Å²) in [5.41, 5.74) is 0. The standard InChI is InChI=1S/C10H10N4O3S/c11-5-7-6-12-3-4-13(7)10(15)8-1-2-9(18-8)14(16)17/h1-2,7,12H,3-4,6H2. The molecule has 18 heavy (non-hydrogen) atoms. The van der Waals surface area contributed by atoms with Crippen LogP contribution in [0.3, 0.4) is 0 Å². The van der Waals surface area contributed by atoms with Crippen molar-refractivity contribution in [2.24, 2.45) is 0 Å². The number of hydrogen-bond acceptors (Lipinski definition) is 6. The lowest BCUT2D eigenvalue weighted by Crippen LogP contribution is -2.52. The zero-order valence-electron chi connectivity index (χ0n) is 9.33. The first kappa shape index (κ1) is 12.5. The highest BCUT2D eigenvalue weighted by molar-refractivity contribution is 7.17. The Kier molecular flexibility index (Phi) is 3.55. The van der Waals surface area contributed by atoms with Gasteiger partial charge >= 0.3 is 5.00 Å². The minimum absolute atomic E-state index is 0.0676. The molecule has 1 aliphatic rings. The molecule has 0 spiro atoms. The van der Waals surface area contributed by atoms with Gasteiger partial charge in [0.15, 0.2) is 0 Å². The lowest BCUT2D eigenvalue weighted by molar-refractivity contribution is -0.380. The molecule has 0 aliphatic carbocycles. The van der Waals surface area contributed by atoms with Crippen LogP contribution in [-0.4, -0.2) is 41.4 Å². The highest BCUT2D eigenvalue weighted by Gasteiger charge is 2.28. The van der Waals surface area contributed by atoms with E-state index in [0.717, 1.165) is 11.3 Å². The number of hydrogen-bond donors (Lipinski definition) is 1. The normalized spacial score (nSPS) is 19.3. The third-order valence-electron chi connectivity index (χ3n) is 2.64. The van der Waals surface area contributed by atoms with Crippen molar-refractivity contribution in [3.05, 3.63) is 27.1 Å². The molecule has 0 aromatic carbocycles. The van der Waals surface area contributed by atoms with Crippen LogP contribution in [0.4, 0.5) is 5.00 Å². The molecule has 94 valence electrons. The third-order valence-corrected chi connectivity index (χ3v) is 3.66. The predicted octanol–water partition coefficient (Wildman–Crippen LogP) is 0.594. The summed E-state index contributed by atoms with van der Waals surface area (Å²) in [6.45, 7) is 1.48. The van der Waals surface area contributed by atoms with E-state index >= 15 is 0 Å². The monoisotopic (exact) mass is 266 g/mol. The number of carbonyl (C=O) groups is 1. The third kappa shape index (κ3) is 2.32. The molecule has 0 saturated carbocycles. The summed E-state index contributed by atoms with van der Waals surface area (Å²) in [6, 6.07) is 4.27. The number of amides is 1. The molecule has 1 aliphatic heterocycles. The molecule has 1 N–H and O–H groups in total. The van der Waals surface area contributed by atoms with Gasteiger partial charge in [0.2, 0.25) is 0 Å². The minimum atomic E-state index is -0.527. The molecule has 1 unspecified atom stereocenters. The average molecular weight is 266 g/mol. The van der Waals surface area contributed by atoms with Crippen molar-refractivity contribution in [2.45, 2.75) is 6.04 Å². The van der Waals surface area contributed by atoms with E-state index in [4.69, 9.17) is 5.26 Å². The van der Waals surface area contributed by atoms with Crippen LogP contribution in [0, 0.1) is 21.4 Å². The van der Waals surface area contributed by atoms with Crippen LogP contribution >= 0.6 is 11.3 Å². The van der Waals surface area contributed by atoms with Crippen LogP contribution in [0.5, 0.6) is 0 Å². The van der Waals surface area contributed by atoms with Crippen LogP contribution in [0.15, 0.2) is 12.1 Å². The van der Waals surface area contributed by atoms with Gasteiger partial charge in [-0.2, -0.15) is 5.26 Å². The van der Waals surface area contributed by atoms with Gasteiger partial charge < -0.3 is 10.2 Å². The Hall–Kier alpha value is -1.98. The quantitative estimate of drug-likeness (QED) is 0.624. The molecule has 0 radical (unpaired) electrons. The zero-order valence-corrected chi connectivity index (χ0v) is 10.1. The Morgan fingerprint density at radius 3 is 3.06 bits per heavy atom. The van der Waals surface area contributed by atoms with Crippen molar-refractivity contribution >= 4 is 22.2 Å². The van der Waals surface area contributed by atoms with E-state index in [2.05, 4.69) is 5.32 Å². The van der Waals surface area contributed by atoms with E-state index < -0.39 is 11.0 Å². The van der Waals surface area contributed by atoms with E-state index in [1.165, 1.54) is 17.0 Å². The maximum atomic E-state index is 12.1. The molecule has 0 bridgehead atoms. The molecule has 1 amide bonds. The summed E-state index contributed by atoms with van der Waals surface area (Å²) in [6.07, 6.45) is 0. The van der Waals surface area contributed by atoms with Crippen molar-refractivity contribution in [3.8, 4) is 6.07 Å². The smallest absolute Gasteiger partial charge is 0.319 e. The Labute approximate surface area is 107 Å². The molecule has 1 atom stereocenters. The van der Waals surface area contributed by atoms with Gasteiger partial charge in [-0.25, -0.2) is 0 Å². The van der Waals surface area contributed by atoms with Crippen LogP contribution in [0.25, 0.3) is 0 Å². The molecule has 2 heterocycles. The van der Waals surface area contributed by atoms with Gasteiger partial charge in [-0.15, -0.1) is 0 Å². The van der Waals surface area contributed by atoms with Gasteiger partial charge in [0.05, 0.1) is 15.9 Å². The molecule has 1 aromatic rings. The zero-order chi connectivity index (χ0) is 13.1. The van der Waals surface area contributed by atoms with Crippen molar-refractivity contribution in [3.63, 3.8) is 0 Å². The SMILES string of the molecule is N#CC1CNCCN1C(=O)c1ccc([N+](=O)[O-])s1. The summed E-state index contributed by atoms with van der Waals surface area (Å²) in [7, 11) is 0. The van der Waals surface area contributed by atoms with Crippen molar-refractivity contribution in [1.82, 2.24) is 10.2 Å². The number of nitrogens with zero attached hydrogens (tertiary/aromatic N) is 3. The van der Waals surface area contributed by atoms with Gasteiger partial charge in [0, 0.05) is 25.7 Å². The first-order valence-electron chi connectivity index (χ1n) is 5.29. The van der Waals surface area contributed by atoms with E-state index in [1.54, 1.807) is 0 Å². The molecule has 1 saturated heterocycles. The summed E-state index contributed by atoms with van der Waals surface area (Å²) in [5.74, 6) is -0.318. The molecule has 7 nitrogen and oxygen atoms in total. The predicted molar refractivity (Wildman–Crippen MR) is 64.3 cm³/mol. The Bertz CT molecular complexity index is 521. The Morgan fingerprint density at radius 2 is 2.44 bits per heavy atom. The van der Waals surface area contributed by atoms with Crippen molar-refractivity contribution in [1.29, 1.82) is 5.26 Å². The highest BCUT2D eigenvalue weighted by atomic mass is 32.1. The summed E-state index contributed by atoms with van der Waals surface area (Å²) < 4.78 is 0. The maximum Gasteiger partial charge on any atom is 0.324 e. The Morgan fingerprint density at radius 1 is 1.67 bits per heavy atom. The fraction of sp³-hybridized carbons (Fsp3) is 0.400. The lowest BCUT2D eigenvalue weighted by atomic mass is 10.2. The largest absolute Gasteiger partial charge is 0.324 e. The summed E-state index contributed by atoms with van der Waals surface area (Å²) in [4.78, 5) is 23.9. The van der Waals surface area contributed by atoms with Crippen LogP contribution in [0.1, 0.15) is 9.67 Å². The fourth-order valence-electron chi connectivity index (χ4n) is 1.75.